The first-order valence-corrected chi connectivity index (χ1v) is 21.1. The lowest BCUT2D eigenvalue weighted by molar-refractivity contribution is -0.275. The fourth-order valence-electron chi connectivity index (χ4n) is 14.1. The number of carbonyl (C=O) groups excluding carboxylic acids is 3. The topological polar surface area (TPSA) is 189 Å². The van der Waals surface area contributed by atoms with Crippen LogP contribution in [0.3, 0.4) is 0 Å². The van der Waals surface area contributed by atoms with E-state index in [0.717, 1.165) is 64.6 Å². The van der Waals surface area contributed by atoms with E-state index in [1.807, 2.05) is 19.9 Å². The maximum Gasteiger partial charge on any atom is 0.339 e. The van der Waals surface area contributed by atoms with E-state index < -0.39 is 69.9 Å². The number of ether oxygens (including phenoxy) is 4. The summed E-state index contributed by atoms with van der Waals surface area (Å²) in [5.74, 6) is -2.01. The average Bonchev–Trinajstić information content (AvgIpc) is 3.41. The van der Waals surface area contributed by atoms with Gasteiger partial charge in [-0.1, -0.05) is 39.0 Å². The zero-order valence-electron chi connectivity index (χ0n) is 32.6. The van der Waals surface area contributed by atoms with Crippen LogP contribution in [-0.4, -0.2) is 101 Å². The number of unbranched alkanes of at least 4 members (excludes halogenated alkanes) is 1. The molecule has 13 nitrogen and oxygen atoms in total. The SMILES string of the molecule is CC1(C)OC2CC(=O)OCC23C1C(=O)C(O)C1(C2CCCCC2)C3CCC2(C)C(c3ccoc3CC(CCCCC3CNCN3)C(O)CO)OC(=O)C3OC321. The molecule has 9 rings (SSSR count). The van der Waals surface area contributed by atoms with Gasteiger partial charge in [0, 0.05) is 47.5 Å². The number of furan rings is 1. The number of hydrogen-bond donors (Lipinski definition) is 5. The zero-order valence-corrected chi connectivity index (χ0v) is 32.6. The van der Waals surface area contributed by atoms with Gasteiger partial charge in [0.25, 0.3) is 0 Å². The number of carbonyl (C=O) groups is 3. The Kier molecular flexibility index (Phi) is 9.43. The molecular formula is C42H60N2O11. The summed E-state index contributed by atoms with van der Waals surface area (Å²) in [7, 11) is 0. The second-order valence-electron chi connectivity index (χ2n) is 19.1. The molecule has 2 spiro atoms. The van der Waals surface area contributed by atoms with Crippen molar-refractivity contribution in [2.75, 3.05) is 26.4 Å². The molecular weight excluding hydrogens is 708 g/mol. The molecule has 8 aliphatic rings. The minimum atomic E-state index is -1.42. The van der Waals surface area contributed by atoms with Crippen LogP contribution < -0.4 is 10.6 Å². The highest BCUT2D eigenvalue weighted by atomic mass is 16.7. The maximum absolute atomic E-state index is 15.1. The van der Waals surface area contributed by atoms with Gasteiger partial charge in [0.2, 0.25) is 0 Å². The first-order valence-electron chi connectivity index (χ1n) is 21.1. The highest BCUT2D eigenvalue weighted by Gasteiger charge is 2.92. The number of nitrogens with one attached hydrogen (secondary N) is 2. The van der Waals surface area contributed by atoms with Crippen LogP contribution in [0.15, 0.2) is 16.7 Å². The van der Waals surface area contributed by atoms with Crippen molar-refractivity contribution in [3.8, 4) is 0 Å². The lowest BCUT2D eigenvalue weighted by atomic mass is 9.33. The number of fused-ring (bicyclic) bond motifs is 1. The molecule has 0 amide bonds. The lowest BCUT2D eigenvalue weighted by Gasteiger charge is -2.70. The van der Waals surface area contributed by atoms with E-state index in [1.54, 1.807) is 6.26 Å². The quantitative estimate of drug-likeness (QED) is 0.126. The monoisotopic (exact) mass is 768 g/mol. The number of cyclic esters (lactones) is 2. The van der Waals surface area contributed by atoms with Crippen LogP contribution in [0.1, 0.15) is 115 Å². The normalized spacial score (nSPS) is 44.3. The Balaban J connectivity index is 1.10. The van der Waals surface area contributed by atoms with Crippen molar-refractivity contribution >= 4 is 17.7 Å². The van der Waals surface area contributed by atoms with Crippen molar-refractivity contribution in [1.82, 2.24) is 10.6 Å². The van der Waals surface area contributed by atoms with Crippen LogP contribution in [0.5, 0.6) is 0 Å². The summed E-state index contributed by atoms with van der Waals surface area (Å²) in [6.45, 7) is 7.30. The molecule has 5 N–H and O–H groups in total. The fraction of sp³-hybridized carbons (Fsp3) is 0.833. The Morgan fingerprint density at radius 3 is 2.56 bits per heavy atom. The molecule has 0 aromatic carbocycles. The summed E-state index contributed by atoms with van der Waals surface area (Å²) in [4.78, 5) is 42.3. The van der Waals surface area contributed by atoms with Gasteiger partial charge in [-0.3, -0.25) is 9.59 Å². The number of ketones is 1. The molecule has 304 valence electrons. The second kappa shape index (κ2) is 13.6. The largest absolute Gasteiger partial charge is 0.469 e. The third kappa shape index (κ3) is 5.25. The second-order valence-corrected chi connectivity index (χ2v) is 19.1. The molecule has 13 unspecified atom stereocenters. The smallest absolute Gasteiger partial charge is 0.339 e. The summed E-state index contributed by atoms with van der Waals surface area (Å²) in [6.07, 6.45) is 6.50. The predicted molar refractivity (Wildman–Crippen MR) is 195 cm³/mol. The van der Waals surface area contributed by atoms with E-state index in [-0.39, 0.29) is 49.1 Å². The highest BCUT2D eigenvalue weighted by Crippen LogP contribution is 2.82. The number of esters is 2. The fourth-order valence-corrected chi connectivity index (χ4v) is 14.1. The van der Waals surface area contributed by atoms with Crippen molar-refractivity contribution < 1.29 is 53.1 Å². The molecule has 5 aliphatic heterocycles. The van der Waals surface area contributed by atoms with Gasteiger partial charge < -0.3 is 49.3 Å². The van der Waals surface area contributed by atoms with Crippen molar-refractivity contribution in [2.24, 2.45) is 39.9 Å². The zero-order chi connectivity index (χ0) is 38.5. The van der Waals surface area contributed by atoms with Gasteiger partial charge in [-0.15, -0.1) is 0 Å². The summed E-state index contributed by atoms with van der Waals surface area (Å²) in [5, 5.41) is 40.8. The van der Waals surface area contributed by atoms with E-state index >= 15 is 4.79 Å². The van der Waals surface area contributed by atoms with E-state index in [2.05, 4.69) is 17.6 Å². The molecule has 1 aromatic rings. The molecule has 13 heteroatoms. The number of aliphatic hydroxyl groups is 3. The van der Waals surface area contributed by atoms with Crippen LogP contribution in [-0.2, 0) is 39.8 Å². The van der Waals surface area contributed by atoms with Crippen LogP contribution in [0.2, 0.25) is 0 Å². The molecule has 55 heavy (non-hydrogen) atoms. The first-order chi connectivity index (χ1) is 26.4. The molecule has 0 bridgehead atoms. The summed E-state index contributed by atoms with van der Waals surface area (Å²) in [5.41, 5.74) is -4.39. The maximum atomic E-state index is 15.1. The van der Waals surface area contributed by atoms with Crippen molar-refractivity contribution in [3.63, 3.8) is 0 Å². The van der Waals surface area contributed by atoms with Crippen LogP contribution in [0.25, 0.3) is 0 Å². The number of aliphatic hydroxyl groups excluding tert-OH is 3. The van der Waals surface area contributed by atoms with Gasteiger partial charge in [-0.05, 0) is 76.2 Å². The number of rotatable bonds is 11. The van der Waals surface area contributed by atoms with E-state index in [0.29, 0.717) is 43.0 Å². The summed E-state index contributed by atoms with van der Waals surface area (Å²) in [6, 6.07) is 2.28. The number of Topliss-reactive ketones (excluding diaryl/α,β-unsaturated/α-hetero) is 1. The van der Waals surface area contributed by atoms with Gasteiger partial charge in [0.1, 0.15) is 30.2 Å². The van der Waals surface area contributed by atoms with E-state index in [1.165, 1.54) is 0 Å². The van der Waals surface area contributed by atoms with Gasteiger partial charge >= 0.3 is 11.9 Å². The minimum absolute atomic E-state index is 0.0298. The number of hydrogen-bond acceptors (Lipinski definition) is 13. The van der Waals surface area contributed by atoms with Crippen LogP contribution in [0, 0.1) is 39.9 Å². The molecule has 3 aliphatic carbocycles. The van der Waals surface area contributed by atoms with Gasteiger partial charge in [-0.25, -0.2) is 4.79 Å². The van der Waals surface area contributed by atoms with Crippen LogP contribution in [0.4, 0.5) is 0 Å². The molecule has 5 saturated heterocycles. The molecule has 1 aromatic heterocycles. The molecule has 3 saturated carbocycles. The van der Waals surface area contributed by atoms with Crippen molar-refractivity contribution in [1.29, 1.82) is 0 Å². The Morgan fingerprint density at radius 1 is 1.02 bits per heavy atom. The molecule has 8 fully saturated rings. The Morgan fingerprint density at radius 2 is 1.82 bits per heavy atom. The van der Waals surface area contributed by atoms with Crippen molar-refractivity contribution in [2.45, 2.75) is 152 Å². The number of epoxide rings is 1. The lowest BCUT2D eigenvalue weighted by Crippen LogP contribution is -2.79. The Bertz CT molecular complexity index is 1670. The standard InChI is InChI=1S/C42H60N2O11/c1-38(2)33-32(48)34(49)41(24-10-5-4-6-11-24)29(40(33)21-52-31(47)18-30(40)54-38)13-15-39(3)35(53-37(50)36-42(39,41)55-36)26-14-16-51-28(26)17-23(27(46)20-45)9-7-8-12-25-19-43-22-44-25/h14,16,23-25,27,29-30,33-36,43-46,49H,4-13,15,17-22H2,1-3H3. The molecule has 6 heterocycles. The summed E-state index contributed by atoms with van der Waals surface area (Å²) < 4.78 is 32.1. The third-order valence-corrected chi connectivity index (χ3v) is 16.2. The van der Waals surface area contributed by atoms with Gasteiger partial charge in [0.05, 0.1) is 43.0 Å². The Hall–Kier alpha value is -2.39. The highest BCUT2D eigenvalue weighted by molar-refractivity contribution is 5.92. The Labute approximate surface area is 322 Å². The molecule has 13 atom stereocenters. The summed E-state index contributed by atoms with van der Waals surface area (Å²) >= 11 is 0. The van der Waals surface area contributed by atoms with Crippen LogP contribution >= 0.6 is 0 Å². The predicted octanol–water partition coefficient (Wildman–Crippen LogP) is 3.26. The average molecular weight is 769 g/mol. The van der Waals surface area contributed by atoms with Gasteiger partial charge in [0.15, 0.2) is 11.9 Å². The molecule has 0 radical (unpaired) electrons. The van der Waals surface area contributed by atoms with Gasteiger partial charge in [-0.2, -0.15) is 0 Å². The van der Waals surface area contributed by atoms with Crippen molar-refractivity contribution in [3.05, 3.63) is 23.7 Å². The third-order valence-electron chi connectivity index (χ3n) is 16.2. The van der Waals surface area contributed by atoms with E-state index in [4.69, 9.17) is 23.4 Å². The van der Waals surface area contributed by atoms with E-state index in [9.17, 15) is 24.9 Å². The minimum Gasteiger partial charge on any atom is -0.469 e. The first kappa shape index (κ1) is 38.1.